The lowest BCUT2D eigenvalue weighted by Crippen LogP contribution is -2.48. The molecule has 2 N–H and O–H groups in total. The summed E-state index contributed by atoms with van der Waals surface area (Å²) in [6.45, 7) is 6.43. The Morgan fingerprint density at radius 3 is 2.47 bits per heavy atom. The Bertz CT molecular complexity index is 428. The van der Waals surface area contributed by atoms with E-state index in [1.807, 2.05) is 39.0 Å². The second-order valence-corrected chi connectivity index (χ2v) is 4.80. The van der Waals surface area contributed by atoms with Crippen LogP contribution < -0.4 is 10.6 Å². The number of hydrogen-bond acceptors (Lipinski definition) is 3. The molecule has 1 atom stereocenters. The van der Waals surface area contributed by atoms with Gasteiger partial charge in [0.05, 0.1) is 11.4 Å². The summed E-state index contributed by atoms with van der Waals surface area (Å²) in [6.07, 6.45) is 1.48. The van der Waals surface area contributed by atoms with Gasteiger partial charge in [-0.15, -0.1) is 0 Å². The van der Waals surface area contributed by atoms with E-state index in [0.717, 1.165) is 12.1 Å². The van der Waals surface area contributed by atoms with E-state index in [1.165, 1.54) is 0 Å². The molecular formula is C15H24N2O2. The first-order chi connectivity index (χ1) is 9.00. The van der Waals surface area contributed by atoms with E-state index >= 15 is 0 Å². The maximum atomic E-state index is 12.7. The van der Waals surface area contributed by atoms with Crippen LogP contribution in [0.1, 0.15) is 33.6 Å². The van der Waals surface area contributed by atoms with E-state index in [0.29, 0.717) is 18.7 Å². The van der Waals surface area contributed by atoms with Crippen LogP contribution in [0.25, 0.3) is 0 Å². The molecule has 0 radical (unpaired) electrons. The van der Waals surface area contributed by atoms with Crippen molar-refractivity contribution in [3.8, 4) is 0 Å². The first-order valence-corrected chi connectivity index (χ1v) is 6.71. The Balaban J connectivity index is 3.15. The van der Waals surface area contributed by atoms with Crippen molar-refractivity contribution >= 4 is 17.3 Å². The molecule has 4 heteroatoms. The molecule has 0 aliphatic rings. The van der Waals surface area contributed by atoms with Gasteiger partial charge in [0.2, 0.25) is 0 Å². The molecule has 0 spiro atoms. The van der Waals surface area contributed by atoms with Gasteiger partial charge < -0.3 is 15.4 Å². The van der Waals surface area contributed by atoms with Crippen molar-refractivity contribution < 1.29 is 9.53 Å². The second-order valence-electron chi connectivity index (χ2n) is 4.80. The molecule has 1 aromatic rings. The summed E-state index contributed by atoms with van der Waals surface area (Å²) in [6, 6.07) is 7.43. The molecule has 0 saturated heterocycles. The minimum absolute atomic E-state index is 0.0442. The largest absolute Gasteiger partial charge is 0.397 e. The van der Waals surface area contributed by atoms with Crippen molar-refractivity contribution in [2.24, 2.45) is 0 Å². The fourth-order valence-electron chi connectivity index (χ4n) is 1.96. The van der Waals surface area contributed by atoms with E-state index in [9.17, 15) is 4.79 Å². The summed E-state index contributed by atoms with van der Waals surface area (Å²) in [5.74, 6) is -0.0442. The molecule has 1 aromatic carbocycles. The van der Waals surface area contributed by atoms with Crippen molar-refractivity contribution in [3.05, 3.63) is 24.3 Å². The number of nitrogens with zero attached hydrogens (tertiary/aromatic N) is 1. The van der Waals surface area contributed by atoms with Crippen LogP contribution in [0, 0.1) is 0 Å². The monoisotopic (exact) mass is 264 g/mol. The molecule has 0 aliphatic heterocycles. The fraction of sp³-hybridized carbons (Fsp3) is 0.533. The van der Waals surface area contributed by atoms with Crippen molar-refractivity contribution in [1.29, 1.82) is 0 Å². The number of nitrogen functional groups attached to an aromatic ring is 1. The van der Waals surface area contributed by atoms with Gasteiger partial charge in [-0.05, 0) is 31.9 Å². The molecule has 19 heavy (non-hydrogen) atoms. The molecule has 106 valence electrons. The normalized spacial score (nSPS) is 13.9. The summed E-state index contributed by atoms with van der Waals surface area (Å²) in [5, 5.41) is 0. The highest BCUT2D eigenvalue weighted by atomic mass is 16.5. The van der Waals surface area contributed by atoms with E-state index < -0.39 is 5.60 Å². The Morgan fingerprint density at radius 2 is 2.00 bits per heavy atom. The summed E-state index contributed by atoms with van der Waals surface area (Å²) in [7, 11) is 1.57. The third-order valence-electron chi connectivity index (χ3n) is 3.50. The average Bonchev–Trinajstić information content (AvgIpc) is 2.44. The topological polar surface area (TPSA) is 55.6 Å². The lowest BCUT2D eigenvalue weighted by atomic mass is 10.0. The second kappa shape index (κ2) is 6.57. The number of methoxy groups -OCH3 is 1. The summed E-state index contributed by atoms with van der Waals surface area (Å²) < 4.78 is 5.41. The van der Waals surface area contributed by atoms with Crippen LogP contribution in [0.5, 0.6) is 0 Å². The third kappa shape index (κ3) is 3.26. The molecule has 0 bridgehead atoms. The van der Waals surface area contributed by atoms with E-state index in [1.54, 1.807) is 18.1 Å². The van der Waals surface area contributed by atoms with Crippen LogP contribution in [0.3, 0.4) is 0 Å². The van der Waals surface area contributed by atoms with Crippen LogP contribution in [0.2, 0.25) is 0 Å². The summed E-state index contributed by atoms with van der Waals surface area (Å²) in [5.41, 5.74) is 6.54. The standard InChI is InChI=1S/C15H24N2O2/c1-5-11-17(13-10-8-7-9-12(13)16)14(18)15(3,6-2)19-4/h7-10H,5-6,11,16H2,1-4H3. The number of benzene rings is 1. The van der Waals surface area contributed by atoms with Crippen molar-refractivity contribution in [2.45, 2.75) is 39.2 Å². The minimum Gasteiger partial charge on any atom is -0.397 e. The highest BCUT2D eigenvalue weighted by Crippen LogP contribution is 2.27. The fourth-order valence-corrected chi connectivity index (χ4v) is 1.96. The van der Waals surface area contributed by atoms with Gasteiger partial charge in [0.1, 0.15) is 5.60 Å². The number of anilines is 2. The van der Waals surface area contributed by atoms with Crippen LogP contribution in [-0.4, -0.2) is 25.2 Å². The highest BCUT2D eigenvalue weighted by Gasteiger charge is 2.35. The zero-order valence-corrected chi connectivity index (χ0v) is 12.3. The number of nitrogens with two attached hydrogens (primary N) is 1. The number of ether oxygens (including phenoxy) is 1. The number of hydrogen-bond donors (Lipinski definition) is 1. The first-order valence-electron chi connectivity index (χ1n) is 6.71. The van der Waals surface area contributed by atoms with Gasteiger partial charge >= 0.3 is 0 Å². The van der Waals surface area contributed by atoms with Crippen LogP contribution in [0.15, 0.2) is 24.3 Å². The zero-order valence-electron chi connectivity index (χ0n) is 12.3. The molecule has 4 nitrogen and oxygen atoms in total. The SMILES string of the molecule is CCCN(C(=O)C(C)(CC)OC)c1ccccc1N. The molecular weight excluding hydrogens is 240 g/mol. The number of para-hydroxylation sites is 2. The molecule has 1 rings (SSSR count). The first kappa shape index (κ1) is 15.5. The molecule has 0 aliphatic carbocycles. The summed E-state index contributed by atoms with van der Waals surface area (Å²) >= 11 is 0. The van der Waals surface area contributed by atoms with Gasteiger partial charge in [-0.1, -0.05) is 26.0 Å². The minimum atomic E-state index is -0.808. The smallest absolute Gasteiger partial charge is 0.258 e. The molecule has 0 saturated carbocycles. The Kier molecular flexibility index (Phi) is 5.36. The number of amides is 1. The quantitative estimate of drug-likeness (QED) is 0.804. The molecule has 1 amide bonds. The van der Waals surface area contributed by atoms with Crippen molar-refractivity contribution in [2.75, 3.05) is 24.3 Å². The highest BCUT2D eigenvalue weighted by molar-refractivity contribution is 6.01. The Morgan fingerprint density at radius 1 is 1.37 bits per heavy atom. The molecule has 0 fully saturated rings. The summed E-state index contributed by atoms with van der Waals surface area (Å²) in [4.78, 5) is 14.4. The van der Waals surface area contributed by atoms with Crippen LogP contribution >= 0.6 is 0 Å². The van der Waals surface area contributed by atoms with Gasteiger partial charge in [0.15, 0.2) is 0 Å². The van der Waals surface area contributed by atoms with Crippen LogP contribution in [-0.2, 0) is 9.53 Å². The van der Waals surface area contributed by atoms with E-state index in [-0.39, 0.29) is 5.91 Å². The number of carbonyl (C=O) groups is 1. The van der Waals surface area contributed by atoms with Crippen molar-refractivity contribution in [3.63, 3.8) is 0 Å². The maximum absolute atomic E-state index is 12.7. The maximum Gasteiger partial charge on any atom is 0.258 e. The molecule has 0 heterocycles. The van der Waals surface area contributed by atoms with Gasteiger partial charge in [-0.2, -0.15) is 0 Å². The van der Waals surface area contributed by atoms with Gasteiger partial charge in [0, 0.05) is 13.7 Å². The molecule has 1 unspecified atom stereocenters. The third-order valence-corrected chi connectivity index (χ3v) is 3.50. The van der Waals surface area contributed by atoms with Crippen molar-refractivity contribution in [1.82, 2.24) is 0 Å². The predicted octanol–water partition coefficient (Wildman–Crippen LogP) is 2.83. The predicted molar refractivity (Wildman–Crippen MR) is 79.2 cm³/mol. The van der Waals surface area contributed by atoms with Gasteiger partial charge in [-0.25, -0.2) is 0 Å². The van der Waals surface area contributed by atoms with Gasteiger partial charge in [-0.3, -0.25) is 4.79 Å². The lowest BCUT2D eigenvalue weighted by Gasteiger charge is -2.33. The zero-order chi connectivity index (χ0) is 14.5. The van der Waals surface area contributed by atoms with E-state index in [4.69, 9.17) is 10.5 Å². The van der Waals surface area contributed by atoms with E-state index in [2.05, 4.69) is 0 Å². The Labute approximate surface area is 115 Å². The average molecular weight is 264 g/mol. The molecule has 0 aromatic heterocycles. The number of rotatable bonds is 6. The van der Waals surface area contributed by atoms with Gasteiger partial charge in [0.25, 0.3) is 5.91 Å². The Hall–Kier alpha value is -1.55. The number of carbonyl (C=O) groups excluding carboxylic acids is 1. The lowest BCUT2D eigenvalue weighted by molar-refractivity contribution is -0.138. The van der Waals surface area contributed by atoms with Crippen LogP contribution in [0.4, 0.5) is 11.4 Å².